The Hall–Kier alpha value is 0.410. The molecule has 0 aliphatic carbocycles. The molecule has 4 N–H and O–H groups in total. The van der Waals surface area contributed by atoms with Gasteiger partial charge >= 0.3 is 37.2 Å². The molecule has 1 heterocycles. The van der Waals surface area contributed by atoms with Crippen LogP contribution in [0.4, 0.5) is 0 Å². The van der Waals surface area contributed by atoms with E-state index >= 15 is 0 Å². The minimum absolute atomic E-state index is 0. The summed E-state index contributed by atoms with van der Waals surface area (Å²) in [6.45, 7) is 1.03. The van der Waals surface area contributed by atoms with Crippen molar-refractivity contribution >= 4 is 15.2 Å². The summed E-state index contributed by atoms with van der Waals surface area (Å²) in [6.07, 6.45) is 2.72. The van der Waals surface area contributed by atoms with Crippen LogP contribution in [-0.2, 0) is 9.13 Å². The van der Waals surface area contributed by atoms with Crippen LogP contribution in [0.3, 0.4) is 0 Å². The van der Waals surface area contributed by atoms with Crippen molar-refractivity contribution in [1.29, 1.82) is 0 Å². The third-order valence-electron chi connectivity index (χ3n) is 1.96. The minimum atomic E-state index is -5.47. The minimum Gasteiger partial charge on any atom is -0.776 e. The summed E-state index contributed by atoms with van der Waals surface area (Å²) in [7, 11) is -10.7. The van der Waals surface area contributed by atoms with E-state index in [4.69, 9.17) is 19.8 Å². The first kappa shape index (κ1) is 21.7. The number of hydrogen-bond acceptors (Lipinski definition) is 5. The molecule has 11 heteroatoms. The first-order valence-electron chi connectivity index (χ1n) is 4.73. The Bertz CT molecular complexity index is 397. The van der Waals surface area contributed by atoms with Gasteiger partial charge in [0.25, 0.3) is 0 Å². The molecule has 0 aromatic carbocycles. The van der Waals surface area contributed by atoms with Gasteiger partial charge < -0.3 is 29.2 Å². The molecule has 0 aliphatic heterocycles. The summed E-state index contributed by atoms with van der Waals surface area (Å²) in [4.78, 5) is 39.3. The van der Waals surface area contributed by atoms with Crippen LogP contribution < -0.4 is 34.5 Å². The molecular formula is C8H14NNaO7P2. The van der Waals surface area contributed by atoms with E-state index in [0.717, 1.165) is 6.92 Å². The normalized spacial score (nSPS) is 16.9. The van der Waals surface area contributed by atoms with Gasteiger partial charge in [0, 0.05) is 12.4 Å². The molecule has 2 atom stereocenters. The first-order valence-corrected chi connectivity index (χ1v) is 7.92. The predicted molar refractivity (Wildman–Crippen MR) is 61.3 cm³/mol. The zero-order valence-electron chi connectivity index (χ0n) is 10.4. The second-order valence-corrected chi connectivity index (χ2v) is 7.18. The topological polar surface area (TPSA) is 151 Å². The maximum atomic E-state index is 10.4. The SMILES string of the molecule is CCC(O)(P(=O)([O-])O)P(=O)(O)O.[Na+].c1ccncc1. The van der Waals surface area contributed by atoms with Crippen molar-refractivity contribution in [3.8, 4) is 0 Å². The van der Waals surface area contributed by atoms with Crippen LogP contribution in [-0.4, -0.2) is 29.9 Å². The molecule has 104 valence electrons. The second-order valence-electron chi connectivity index (χ2n) is 3.22. The summed E-state index contributed by atoms with van der Waals surface area (Å²) in [5.41, 5.74) is 0. The molecule has 0 fully saturated rings. The molecule has 0 saturated carbocycles. The van der Waals surface area contributed by atoms with Crippen LogP contribution >= 0.6 is 15.2 Å². The fourth-order valence-electron chi connectivity index (χ4n) is 0.883. The Morgan fingerprint density at radius 2 is 1.58 bits per heavy atom. The molecule has 0 saturated heterocycles. The van der Waals surface area contributed by atoms with E-state index in [2.05, 4.69) is 4.98 Å². The molecule has 19 heavy (non-hydrogen) atoms. The number of nitrogens with zero attached hydrogens (tertiary/aromatic N) is 1. The quantitative estimate of drug-likeness (QED) is 0.337. The standard InChI is InChI=1S/C5H5N.C3H10O7P2.Na/c1-2-4-6-5-3-1;1-2-3(4,11(5,6)7)12(8,9)10;/h1-5H;4H,2H2,1H3,(H2,5,6,7)(H2,8,9,10);/q;;+1/p-1. The van der Waals surface area contributed by atoms with Crippen molar-refractivity contribution in [2.45, 2.75) is 18.4 Å². The van der Waals surface area contributed by atoms with Gasteiger partial charge in [-0.15, -0.1) is 0 Å². The summed E-state index contributed by atoms with van der Waals surface area (Å²) in [6, 6.07) is 5.72. The van der Waals surface area contributed by atoms with Crippen LogP contribution in [0.25, 0.3) is 0 Å². The monoisotopic (exact) mass is 321 g/mol. The average Bonchev–Trinajstić information content (AvgIpc) is 2.28. The molecule has 0 spiro atoms. The van der Waals surface area contributed by atoms with Crippen LogP contribution in [0.2, 0.25) is 0 Å². The van der Waals surface area contributed by atoms with E-state index < -0.39 is 26.7 Å². The van der Waals surface area contributed by atoms with Crippen molar-refractivity contribution < 1.29 is 63.4 Å². The Labute approximate surface area is 132 Å². The number of aliphatic hydroxyl groups is 1. The van der Waals surface area contributed by atoms with E-state index in [9.17, 15) is 14.0 Å². The second kappa shape index (κ2) is 8.64. The zero-order chi connectivity index (χ0) is 14.4. The fourth-order valence-corrected chi connectivity index (χ4v) is 3.01. The van der Waals surface area contributed by atoms with Crippen LogP contribution in [0.5, 0.6) is 0 Å². The van der Waals surface area contributed by atoms with E-state index in [1.807, 2.05) is 18.2 Å². The van der Waals surface area contributed by atoms with Gasteiger partial charge in [0.15, 0.2) is 7.60 Å². The maximum Gasteiger partial charge on any atom is 1.00 e. The van der Waals surface area contributed by atoms with Crippen LogP contribution in [0.15, 0.2) is 30.6 Å². The Balaban J connectivity index is 0. The molecule has 1 aromatic rings. The number of aromatic nitrogens is 1. The summed E-state index contributed by atoms with van der Waals surface area (Å²) in [5, 5.41) is 5.54. The number of hydrogen-bond donors (Lipinski definition) is 4. The third-order valence-corrected chi connectivity index (χ3v) is 5.97. The molecule has 0 amide bonds. The molecule has 1 rings (SSSR count). The van der Waals surface area contributed by atoms with Gasteiger partial charge in [-0.3, -0.25) is 9.55 Å². The molecule has 0 radical (unpaired) electrons. The molecule has 0 aliphatic rings. The molecule has 0 bridgehead atoms. The van der Waals surface area contributed by atoms with Gasteiger partial charge in [0.1, 0.15) is 0 Å². The summed E-state index contributed by atoms with van der Waals surface area (Å²) < 4.78 is 20.8. The van der Waals surface area contributed by atoms with E-state index in [1.54, 1.807) is 12.4 Å². The van der Waals surface area contributed by atoms with Crippen molar-refractivity contribution in [2.24, 2.45) is 0 Å². The number of rotatable bonds is 3. The van der Waals surface area contributed by atoms with E-state index in [1.165, 1.54) is 0 Å². The molecule has 2 unspecified atom stereocenters. The molecular weight excluding hydrogens is 307 g/mol. The largest absolute Gasteiger partial charge is 1.00 e. The Morgan fingerprint density at radius 3 is 1.63 bits per heavy atom. The van der Waals surface area contributed by atoms with Gasteiger partial charge in [-0.1, -0.05) is 13.0 Å². The van der Waals surface area contributed by atoms with E-state index in [-0.39, 0.29) is 29.6 Å². The number of pyridine rings is 1. The molecule has 8 nitrogen and oxygen atoms in total. The zero-order valence-corrected chi connectivity index (χ0v) is 14.2. The van der Waals surface area contributed by atoms with Crippen molar-refractivity contribution in [2.75, 3.05) is 0 Å². The fraction of sp³-hybridized carbons (Fsp3) is 0.375. The predicted octanol–water partition coefficient (Wildman–Crippen LogP) is -3.15. The molecule has 1 aromatic heterocycles. The first-order chi connectivity index (χ1) is 8.06. The van der Waals surface area contributed by atoms with Gasteiger partial charge in [-0.25, -0.2) is 0 Å². The van der Waals surface area contributed by atoms with Crippen LogP contribution in [0, 0.1) is 0 Å². The van der Waals surface area contributed by atoms with Gasteiger partial charge in [-0.2, -0.15) is 0 Å². The Kier molecular flexibility index (Phi) is 9.87. The summed E-state index contributed by atoms with van der Waals surface area (Å²) in [5.74, 6) is 0. The van der Waals surface area contributed by atoms with Gasteiger partial charge in [-0.05, 0) is 18.6 Å². The van der Waals surface area contributed by atoms with Gasteiger partial charge in [0.05, 0.1) is 0 Å². The Morgan fingerprint density at radius 1 is 1.16 bits per heavy atom. The van der Waals surface area contributed by atoms with Gasteiger partial charge in [0.2, 0.25) is 5.08 Å². The average molecular weight is 321 g/mol. The smallest absolute Gasteiger partial charge is 0.776 e. The van der Waals surface area contributed by atoms with Crippen molar-refractivity contribution in [3.05, 3.63) is 30.6 Å². The third kappa shape index (κ3) is 6.60. The van der Waals surface area contributed by atoms with Crippen molar-refractivity contribution in [1.82, 2.24) is 4.98 Å². The summed E-state index contributed by atoms with van der Waals surface area (Å²) >= 11 is 0. The maximum absolute atomic E-state index is 10.4. The van der Waals surface area contributed by atoms with Crippen LogP contribution in [0.1, 0.15) is 13.3 Å². The van der Waals surface area contributed by atoms with Crippen molar-refractivity contribution in [3.63, 3.8) is 0 Å². The van der Waals surface area contributed by atoms with E-state index in [0.29, 0.717) is 0 Å².